The van der Waals surface area contributed by atoms with Crippen molar-refractivity contribution in [3.05, 3.63) is 88.5 Å². The normalized spacial score (nSPS) is 12.2. The molecule has 0 unspecified atom stereocenters. The Balaban J connectivity index is 1.55. The van der Waals surface area contributed by atoms with Crippen molar-refractivity contribution in [2.75, 3.05) is 11.9 Å². The summed E-state index contributed by atoms with van der Waals surface area (Å²) in [4.78, 5) is 24.1. The smallest absolute Gasteiger partial charge is 0.411 e. The lowest BCUT2D eigenvalue weighted by Gasteiger charge is -2.17. The van der Waals surface area contributed by atoms with Gasteiger partial charge in [0.15, 0.2) is 0 Å². The lowest BCUT2D eigenvalue weighted by atomic mass is 9.98. The second kappa shape index (κ2) is 7.43. The molecule has 5 heteroatoms. The van der Waals surface area contributed by atoms with Crippen molar-refractivity contribution in [3.8, 4) is 11.1 Å². The van der Waals surface area contributed by atoms with Gasteiger partial charge in [-0.25, -0.2) is 9.59 Å². The monoisotopic (exact) mass is 387 g/mol. The van der Waals surface area contributed by atoms with Crippen molar-refractivity contribution in [1.29, 1.82) is 0 Å². The van der Waals surface area contributed by atoms with E-state index in [2.05, 4.69) is 29.6 Å². The molecule has 1 amide bonds. The molecule has 0 bridgehead atoms. The number of ether oxygens (including phenoxy) is 1. The number of carboxylic acids is 1. The summed E-state index contributed by atoms with van der Waals surface area (Å²) in [6, 6.07) is 19.7. The average molecular weight is 387 g/mol. The van der Waals surface area contributed by atoms with Gasteiger partial charge in [-0.2, -0.15) is 0 Å². The Morgan fingerprint density at radius 3 is 2.03 bits per heavy atom. The Bertz CT molecular complexity index is 1070. The van der Waals surface area contributed by atoms with Gasteiger partial charge in [0.2, 0.25) is 0 Å². The molecule has 3 aromatic rings. The number of rotatable bonds is 4. The van der Waals surface area contributed by atoms with E-state index in [9.17, 15) is 14.7 Å². The highest BCUT2D eigenvalue weighted by atomic mass is 16.5. The standard InChI is InChI=1S/C24H21NO4/c1-14-11-12-15(2)22(21(14)23(26)27)25-24(28)29-13-20-18-9-5-3-7-16(18)17-8-4-6-10-19(17)20/h3-12,20H,13H2,1-2H3,(H,25,28)(H,26,27). The van der Waals surface area contributed by atoms with Gasteiger partial charge < -0.3 is 9.84 Å². The van der Waals surface area contributed by atoms with Gasteiger partial charge in [-0.1, -0.05) is 60.7 Å². The Morgan fingerprint density at radius 2 is 1.45 bits per heavy atom. The maximum Gasteiger partial charge on any atom is 0.411 e. The van der Waals surface area contributed by atoms with E-state index in [1.54, 1.807) is 26.0 Å². The number of aromatic carboxylic acids is 1. The first-order valence-electron chi connectivity index (χ1n) is 9.43. The molecule has 1 aliphatic rings. The number of carbonyl (C=O) groups excluding carboxylic acids is 1. The lowest BCUT2D eigenvalue weighted by molar-refractivity contribution is 0.0697. The van der Waals surface area contributed by atoms with Crippen molar-refractivity contribution in [2.45, 2.75) is 19.8 Å². The van der Waals surface area contributed by atoms with E-state index < -0.39 is 12.1 Å². The van der Waals surface area contributed by atoms with Gasteiger partial charge in [-0.15, -0.1) is 0 Å². The number of benzene rings is 3. The number of hydrogen-bond donors (Lipinski definition) is 2. The quantitative estimate of drug-likeness (QED) is 0.632. The molecule has 0 saturated carbocycles. The van der Waals surface area contributed by atoms with Crippen LogP contribution in [0.5, 0.6) is 0 Å². The topological polar surface area (TPSA) is 75.6 Å². The van der Waals surface area contributed by atoms with Gasteiger partial charge in [0.05, 0.1) is 11.3 Å². The van der Waals surface area contributed by atoms with Crippen LogP contribution in [0.15, 0.2) is 60.7 Å². The molecule has 4 rings (SSSR count). The van der Waals surface area contributed by atoms with E-state index in [4.69, 9.17) is 4.74 Å². The van der Waals surface area contributed by atoms with E-state index in [-0.39, 0.29) is 23.8 Å². The summed E-state index contributed by atoms with van der Waals surface area (Å²) in [6.45, 7) is 3.63. The fraction of sp³-hybridized carbons (Fsp3) is 0.167. The van der Waals surface area contributed by atoms with Crippen LogP contribution in [-0.4, -0.2) is 23.8 Å². The minimum Gasteiger partial charge on any atom is -0.478 e. The number of anilines is 1. The Labute approximate surface area is 169 Å². The molecule has 1 aliphatic carbocycles. The SMILES string of the molecule is Cc1ccc(C)c(C(=O)O)c1NC(=O)OCC1c2ccccc2-c2ccccc21. The first-order valence-corrected chi connectivity index (χ1v) is 9.43. The largest absolute Gasteiger partial charge is 0.478 e. The predicted molar refractivity (Wildman–Crippen MR) is 112 cm³/mol. The summed E-state index contributed by atoms with van der Waals surface area (Å²) in [5.74, 6) is -1.13. The minimum atomic E-state index is -1.08. The minimum absolute atomic E-state index is 0.0503. The van der Waals surface area contributed by atoms with Gasteiger partial charge >= 0.3 is 12.1 Å². The molecule has 0 saturated heterocycles. The van der Waals surface area contributed by atoms with Crippen molar-refractivity contribution in [2.24, 2.45) is 0 Å². The maximum atomic E-state index is 12.5. The molecular formula is C24H21NO4. The number of carbonyl (C=O) groups is 2. The summed E-state index contributed by atoms with van der Waals surface area (Å²) >= 11 is 0. The molecule has 0 aromatic heterocycles. The molecule has 2 N–H and O–H groups in total. The summed E-state index contributed by atoms with van der Waals surface area (Å²) in [6.07, 6.45) is -0.664. The van der Waals surface area contributed by atoms with Crippen LogP contribution in [0, 0.1) is 13.8 Å². The predicted octanol–water partition coefficient (Wildman–Crippen LogP) is 5.36. The summed E-state index contributed by atoms with van der Waals surface area (Å²) in [5, 5.41) is 12.1. The van der Waals surface area contributed by atoms with E-state index >= 15 is 0 Å². The zero-order valence-electron chi connectivity index (χ0n) is 16.2. The van der Waals surface area contributed by atoms with Crippen LogP contribution in [0.4, 0.5) is 10.5 Å². The van der Waals surface area contributed by atoms with Crippen molar-refractivity contribution >= 4 is 17.7 Å². The number of nitrogens with one attached hydrogen (secondary N) is 1. The molecule has 0 aliphatic heterocycles. The molecule has 29 heavy (non-hydrogen) atoms. The Morgan fingerprint density at radius 1 is 0.897 bits per heavy atom. The molecule has 0 atom stereocenters. The van der Waals surface area contributed by atoms with Crippen molar-refractivity contribution in [1.82, 2.24) is 0 Å². The Hall–Kier alpha value is -3.60. The summed E-state index contributed by atoms with van der Waals surface area (Å²) in [5.41, 5.74) is 6.16. The number of carboxylic acid groups (broad SMARTS) is 1. The van der Waals surface area contributed by atoms with Gasteiger partial charge in [-0.3, -0.25) is 5.32 Å². The third-order valence-electron chi connectivity index (χ3n) is 5.41. The Kier molecular flexibility index (Phi) is 4.80. The van der Waals surface area contributed by atoms with Crippen LogP contribution >= 0.6 is 0 Å². The first-order chi connectivity index (χ1) is 14.0. The number of aryl methyl sites for hydroxylation is 2. The highest BCUT2D eigenvalue weighted by Gasteiger charge is 2.29. The lowest BCUT2D eigenvalue weighted by Crippen LogP contribution is -2.20. The van der Waals surface area contributed by atoms with Gasteiger partial charge in [0, 0.05) is 5.92 Å². The number of amides is 1. The van der Waals surface area contributed by atoms with Crippen molar-refractivity contribution in [3.63, 3.8) is 0 Å². The first kappa shape index (κ1) is 18.7. The molecule has 5 nitrogen and oxygen atoms in total. The summed E-state index contributed by atoms with van der Waals surface area (Å²) < 4.78 is 5.53. The van der Waals surface area contributed by atoms with Gasteiger partial charge in [0.25, 0.3) is 0 Å². The highest BCUT2D eigenvalue weighted by Crippen LogP contribution is 2.44. The zero-order valence-corrected chi connectivity index (χ0v) is 16.2. The van der Waals surface area contributed by atoms with E-state index in [1.807, 2.05) is 24.3 Å². The second-order valence-corrected chi connectivity index (χ2v) is 7.21. The molecule has 0 radical (unpaired) electrons. The second-order valence-electron chi connectivity index (χ2n) is 7.21. The fourth-order valence-electron chi connectivity index (χ4n) is 3.98. The average Bonchev–Trinajstić information content (AvgIpc) is 3.03. The van der Waals surface area contributed by atoms with Gasteiger partial charge in [0.1, 0.15) is 6.61 Å². The van der Waals surface area contributed by atoms with Crippen LogP contribution in [0.1, 0.15) is 38.5 Å². The molecule has 0 spiro atoms. The number of hydrogen-bond acceptors (Lipinski definition) is 3. The van der Waals surface area contributed by atoms with Crippen LogP contribution in [0.25, 0.3) is 11.1 Å². The maximum absolute atomic E-state index is 12.5. The van der Waals surface area contributed by atoms with Crippen molar-refractivity contribution < 1.29 is 19.4 Å². The fourth-order valence-corrected chi connectivity index (χ4v) is 3.98. The molecular weight excluding hydrogens is 366 g/mol. The van der Waals surface area contributed by atoms with E-state index in [0.717, 1.165) is 22.3 Å². The summed E-state index contributed by atoms with van der Waals surface area (Å²) in [7, 11) is 0. The third-order valence-corrected chi connectivity index (χ3v) is 5.41. The molecule has 0 fully saturated rings. The molecule has 0 heterocycles. The van der Waals surface area contributed by atoms with Crippen LogP contribution in [0.2, 0.25) is 0 Å². The van der Waals surface area contributed by atoms with Gasteiger partial charge in [-0.05, 0) is 47.2 Å². The van der Waals surface area contributed by atoms with E-state index in [1.165, 1.54) is 0 Å². The van der Waals surface area contributed by atoms with Crippen LogP contribution in [0.3, 0.4) is 0 Å². The molecule has 3 aromatic carbocycles. The van der Waals surface area contributed by atoms with Crippen LogP contribution in [-0.2, 0) is 4.74 Å². The van der Waals surface area contributed by atoms with Crippen LogP contribution < -0.4 is 5.32 Å². The van der Waals surface area contributed by atoms with E-state index in [0.29, 0.717) is 11.1 Å². The highest BCUT2D eigenvalue weighted by molar-refractivity contribution is 6.01. The number of fused-ring (bicyclic) bond motifs is 3. The zero-order chi connectivity index (χ0) is 20.5. The third kappa shape index (κ3) is 3.36. The molecule has 146 valence electrons.